The van der Waals surface area contributed by atoms with Crippen molar-refractivity contribution < 1.29 is 0 Å². The van der Waals surface area contributed by atoms with Crippen LogP contribution in [0.3, 0.4) is 0 Å². The van der Waals surface area contributed by atoms with Crippen LogP contribution in [-0.4, -0.2) is 48.1 Å². The molecule has 1 unspecified atom stereocenters. The predicted octanol–water partition coefficient (Wildman–Crippen LogP) is 3.48. The second-order valence-corrected chi connectivity index (χ2v) is 9.31. The van der Waals surface area contributed by atoms with Gasteiger partial charge in [-0.1, -0.05) is 27.7 Å². The van der Waals surface area contributed by atoms with Crippen molar-refractivity contribution in [2.75, 3.05) is 38.5 Å². The summed E-state index contributed by atoms with van der Waals surface area (Å²) in [4.78, 5) is 2.68. The van der Waals surface area contributed by atoms with E-state index >= 15 is 0 Å². The Morgan fingerprint density at radius 2 is 2.05 bits per heavy atom. The van der Waals surface area contributed by atoms with E-state index in [-0.39, 0.29) is 0 Å². The molecule has 1 atom stereocenters. The molecular formula is C16H34N2S. The normalized spacial score (nSPS) is 23.5. The van der Waals surface area contributed by atoms with Crippen molar-refractivity contribution >= 4 is 11.8 Å². The zero-order valence-electron chi connectivity index (χ0n) is 13.9. The standard InChI is InChI=1S/C16H34N2S/c1-7-16(6,11-17-10-14(2)3)13-18-8-9-19-15(4,5)12-18/h14,17H,7-13H2,1-6H3. The summed E-state index contributed by atoms with van der Waals surface area (Å²) in [5.74, 6) is 2.03. The molecule has 0 aromatic rings. The van der Waals surface area contributed by atoms with Crippen LogP contribution in [0, 0.1) is 11.3 Å². The quantitative estimate of drug-likeness (QED) is 0.771. The predicted molar refractivity (Wildman–Crippen MR) is 89.1 cm³/mol. The first kappa shape index (κ1) is 17.3. The maximum absolute atomic E-state index is 3.65. The monoisotopic (exact) mass is 286 g/mol. The lowest BCUT2D eigenvalue weighted by molar-refractivity contribution is 0.149. The van der Waals surface area contributed by atoms with E-state index in [0.29, 0.717) is 10.2 Å². The molecule has 3 heteroatoms. The van der Waals surface area contributed by atoms with Gasteiger partial charge in [0.2, 0.25) is 0 Å². The topological polar surface area (TPSA) is 15.3 Å². The third-order valence-electron chi connectivity index (χ3n) is 4.07. The summed E-state index contributed by atoms with van der Waals surface area (Å²) in [7, 11) is 0. The molecule has 1 fully saturated rings. The number of hydrogen-bond acceptors (Lipinski definition) is 3. The highest BCUT2D eigenvalue weighted by Gasteiger charge is 2.31. The van der Waals surface area contributed by atoms with E-state index in [9.17, 15) is 0 Å². The molecule has 1 heterocycles. The highest BCUT2D eigenvalue weighted by Crippen LogP contribution is 2.32. The van der Waals surface area contributed by atoms with Gasteiger partial charge in [0.25, 0.3) is 0 Å². The molecule has 1 saturated heterocycles. The molecule has 0 radical (unpaired) electrons. The van der Waals surface area contributed by atoms with Crippen molar-refractivity contribution in [3.05, 3.63) is 0 Å². The molecule has 0 amide bonds. The van der Waals surface area contributed by atoms with Gasteiger partial charge in [0.05, 0.1) is 0 Å². The van der Waals surface area contributed by atoms with Crippen LogP contribution in [0.4, 0.5) is 0 Å². The maximum atomic E-state index is 3.65. The molecule has 1 aliphatic heterocycles. The summed E-state index contributed by atoms with van der Waals surface area (Å²) in [6, 6.07) is 0. The Balaban J connectivity index is 2.45. The fraction of sp³-hybridized carbons (Fsp3) is 1.00. The lowest BCUT2D eigenvalue weighted by atomic mass is 9.86. The Labute approximate surface area is 125 Å². The summed E-state index contributed by atoms with van der Waals surface area (Å²) in [5, 5.41) is 3.65. The average Bonchev–Trinajstić information content (AvgIpc) is 2.27. The number of thioether (sulfide) groups is 1. The first-order valence-electron chi connectivity index (χ1n) is 7.83. The van der Waals surface area contributed by atoms with Gasteiger partial charge in [-0.2, -0.15) is 11.8 Å². The fourth-order valence-corrected chi connectivity index (χ4v) is 3.92. The molecule has 1 rings (SSSR count). The molecule has 19 heavy (non-hydrogen) atoms. The van der Waals surface area contributed by atoms with Crippen LogP contribution < -0.4 is 5.32 Å². The van der Waals surface area contributed by atoms with Gasteiger partial charge in [0.1, 0.15) is 0 Å². The molecule has 0 bridgehead atoms. The van der Waals surface area contributed by atoms with Crippen molar-refractivity contribution in [2.24, 2.45) is 11.3 Å². The van der Waals surface area contributed by atoms with Gasteiger partial charge in [-0.3, -0.25) is 0 Å². The van der Waals surface area contributed by atoms with E-state index in [1.807, 2.05) is 0 Å². The van der Waals surface area contributed by atoms with Gasteiger partial charge >= 0.3 is 0 Å². The average molecular weight is 287 g/mol. The van der Waals surface area contributed by atoms with Crippen LogP contribution in [-0.2, 0) is 0 Å². The molecule has 0 aromatic heterocycles. The minimum atomic E-state index is 0.410. The van der Waals surface area contributed by atoms with Crippen molar-refractivity contribution in [2.45, 2.75) is 52.7 Å². The van der Waals surface area contributed by atoms with Gasteiger partial charge < -0.3 is 10.2 Å². The SMILES string of the molecule is CCC(C)(CNCC(C)C)CN1CCSC(C)(C)C1. The Bertz CT molecular complexity index is 265. The first-order chi connectivity index (χ1) is 8.76. The van der Waals surface area contributed by atoms with Crippen molar-refractivity contribution in [1.82, 2.24) is 10.2 Å². The van der Waals surface area contributed by atoms with E-state index in [2.05, 4.69) is 63.5 Å². The molecule has 1 N–H and O–H groups in total. The summed E-state index contributed by atoms with van der Waals surface area (Å²) in [5.41, 5.74) is 0.410. The molecule has 114 valence electrons. The smallest absolute Gasteiger partial charge is 0.0231 e. The molecular weight excluding hydrogens is 252 g/mol. The number of nitrogens with zero attached hydrogens (tertiary/aromatic N) is 1. The summed E-state index contributed by atoms with van der Waals surface area (Å²) in [6.07, 6.45) is 1.25. The Hall–Kier alpha value is 0.270. The Kier molecular flexibility index (Phi) is 6.68. The maximum Gasteiger partial charge on any atom is 0.0231 e. The highest BCUT2D eigenvalue weighted by atomic mass is 32.2. The lowest BCUT2D eigenvalue weighted by Crippen LogP contribution is -2.49. The molecule has 0 aliphatic carbocycles. The third kappa shape index (κ3) is 6.50. The van der Waals surface area contributed by atoms with Gasteiger partial charge in [-0.25, -0.2) is 0 Å². The van der Waals surface area contributed by atoms with E-state index in [4.69, 9.17) is 0 Å². The second-order valence-electron chi connectivity index (χ2n) is 7.51. The number of hydrogen-bond donors (Lipinski definition) is 1. The highest BCUT2D eigenvalue weighted by molar-refractivity contribution is 8.00. The number of rotatable bonds is 7. The molecule has 0 spiro atoms. The molecule has 2 nitrogen and oxygen atoms in total. The van der Waals surface area contributed by atoms with E-state index < -0.39 is 0 Å². The van der Waals surface area contributed by atoms with Gasteiger partial charge in [-0.15, -0.1) is 0 Å². The zero-order valence-corrected chi connectivity index (χ0v) is 14.7. The minimum absolute atomic E-state index is 0.410. The zero-order chi connectivity index (χ0) is 14.5. The van der Waals surface area contributed by atoms with Crippen molar-refractivity contribution in [1.29, 1.82) is 0 Å². The van der Waals surface area contributed by atoms with Crippen LogP contribution in [0.15, 0.2) is 0 Å². The second kappa shape index (κ2) is 7.33. The lowest BCUT2D eigenvalue weighted by Gasteiger charge is -2.42. The van der Waals surface area contributed by atoms with Crippen LogP contribution in [0.1, 0.15) is 48.0 Å². The van der Waals surface area contributed by atoms with Gasteiger partial charge in [0, 0.05) is 36.7 Å². The van der Waals surface area contributed by atoms with Gasteiger partial charge in [-0.05, 0) is 38.1 Å². The summed E-state index contributed by atoms with van der Waals surface area (Å²) >= 11 is 2.12. The van der Waals surface area contributed by atoms with Crippen LogP contribution in [0.5, 0.6) is 0 Å². The van der Waals surface area contributed by atoms with Crippen LogP contribution >= 0.6 is 11.8 Å². The fourth-order valence-electron chi connectivity index (χ4n) is 2.74. The minimum Gasteiger partial charge on any atom is -0.316 e. The number of nitrogens with one attached hydrogen (secondary N) is 1. The van der Waals surface area contributed by atoms with Crippen LogP contribution in [0.25, 0.3) is 0 Å². The van der Waals surface area contributed by atoms with Crippen molar-refractivity contribution in [3.63, 3.8) is 0 Å². The molecule has 0 saturated carbocycles. The third-order valence-corrected chi connectivity index (χ3v) is 5.37. The summed E-state index contributed by atoms with van der Waals surface area (Å²) in [6.45, 7) is 20.1. The van der Waals surface area contributed by atoms with E-state index in [1.54, 1.807) is 0 Å². The van der Waals surface area contributed by atoms with E-state index in [1.165, 1.54) is 31.8 Å². The first-order valence-corrected chi connectivity index (χ1v) is 8.82. The largest absolute Gasteiger partial charge is 0.316 e. The molecule has 0 aromatic carbocycles. The Morgan fingerprint density at radius 3 is 2.58 bits per heavy atom. The summed E-state index contributed by atoms with van der Waals surface area (Å²) < 4.78 is 0.429. The van der Waals surface area contributed by atoms with Crippen LogP contribution in [0.2, 0.25) is 0 Å². The van der Waals surface area contributed by atoms with Gasteiger partial charge in [0.15, 0.2) is 0 Å². The molecule has 1 aliphatic rings. The van der Waals surface area contributed by atoms with Crippen molar-refractivity contribution in [3.8, 4) is 0 Å². The van der Waals surface area contributed by atoms with E-state index in [0.717, 1.165) is 19.0 Å². The Morgan fingerprint density at radius 1 is 1.37 bits per heavy atom.